The number of allylic oxidation sites excluding steroid dienone is 4. The monoisotopic (exact) mass is 216 g/mol. The van der Waals surface area contributed by atoms with Gasteiger partial charge in [0.2, 0.25) is 0 Å². The highest BCUT2D eigenvalue weighted by molar-refractivity contribution is 5.69. The molecular weight excluding hydrogens is 196 g/mol. The first-order valence-corrected chi connectivity index (χ1v) is 5.97. The molecular formula is C14H20N2. The van der Waals surface area contributed by atoms with E-state index in [1.165, 1.54) is 16.7 Å². The van der Waals surface area contributed by atoms with Gasteiger partial charge in [-0.1, -0.05) is 32.9 Å². The third-order valence-electron chi connectivity index (χ3n) is 3.10. The lowest BCUT2D eigenvalue weighted by molar-refractivity contribution is 0.699. The van der Waals surface area contributed by atoms with Crippen molar-refractivity contribution in [3.05, 3.63) is 35.7 Å². The minimum atomic E-state index is 0.606. The summed E-state index contributed by atoms with van der Waals surface area (Å²) in [6, 6.07) is 0. The van der Waals surface area contributed by atoms with Crippen molar-refractivity contribution in [2.24, 2.45) is 18.9 Å². The Hall–Kier alpha value is -1.31. The molecule has 1 aromatic rings. The van der Waals surface area contributed by atoms with Gasteiger partial charge in [0.15, 0.2) is 0 Å². The zero-order valence-corrected chi connectivity index (χ0v) is 10.6. The van der Waals surface area contributed by atoms with Gasteiger partial charge in [-0.2, -0.15) is 5.10 Å². The van der Waals surface area contributed by atoms with Crippen LogP contribution in [0.2, 0.25) is 0 Å². The first-order chi connectivity index (χ1) is 7.56. The van der Waals surface area contributed by atoms with Gasteiger partial charge < -0.3 is 0 Å². The molecule has 0 aliphatic heterocycles. The lowest BCUT2D eigenvalue weighted by atomic mass is 9.85. The summed E-state index contributed by atoms with van der Waals surface area (Å²) in [5, 5.41) is 4.24. The zero-order valence-electron chi connectivity index (χ0n) is 10.6. The summed E-state index contributed by atoms with van der Waals surface area (Å²) in [6.07, 6.45) is 9.91. The molecule has 1 aromatic heterocycles. The van der Waals surface area contributed by atoms with Gasteiger partial charge in [0.25, 0.3) is 0 Å². The molecule has 0 saturated heterocycles. The van der Waals surface area contributed by atoms with Crippen LogP contribution in [0.1, 0.15) is 32.8 Å². The number of nitrogens with zero attached hydrogens (tertiary/aromatic N) is 2. The van der Waals surface area contributed by atoms with Gasteiger partial charge in [-0.25, -0.2) is 0 Å². The van der Waals surface area contributed by atoms with Gasteiger partial charge in [0.1, 0.15) is 0 Å². The number of aromatic nitrogens is 2. The molecule has 1 unspecified atom stereocenters. The number of rotatable bonds is 2. The van der Waals surface area contributed by atoms with Crippen LogP contribution in [0, 0.1) is 11.8 Å². The minimum Gasteiger partial charge on any atom is -0.275 e. The van der Waals surface area contributed by atoms with Crippen LogP contribution >= 0.6 is 0 Å². The van der Waals surface area contributed by atoms with Crippen LogP contribution in [0.3, 0.4) is 0 Å². The Balaban J connectivity index is 2.32. The first-order valence-electron chi connectivity index (χ1n) is 5.97. The molecule has 2 rings (SSSR count). The Labute approximate surface area is 97.7 Å². The van der Waals surface area contributed by atoms with E-state index in [9.17, 15) is 0 Å². The maximum atomic E-state index is 4.24. The molecule has 0 saturated carbocycles. The van der Waals surface area contributed by atoms with Crippen LogP contribution in [-0.2, 0) is 7.05 Å². The van der Waals surface area contributed by atoms with E-state index in [0.29, 0.717) is 11.8 Å². The standard InChI is InChI=1S/C14H20N2/c1-10(2)12-5-11(3)6-13(7-12)14-8-15-16(4)9-14/h5,7-11H,6H2,1-4H3. The normalized spacial score (nSPS) is 20.9. The van der Waals surface area contributed by atoms with Gasteiger partial charge in [0.05, 0.1) is 6.20 Å². The Morgan fingerprint density at radius 2 is 2.19 bits per heavy atom. The van der Waals surface area contributed by atoms with Crippen molar-refractivity contribution in [3.63, 3.8) is 0 Å². The second-order valence-corrected chi connectivity index (χ2v) is 5.08. The van der Waals surface area contributed by atoms with Crippen molar-refractivity contribution in [1.82, 2.24) is 9.78 Å². The fourth-order valence-corrected chi connectivity index (χ4v) is 2.19. The number of hydrogen-bond acceptors (Lipinski definition) is 1. The molecule has 0 aromatic carbocycles. The van der Waals surface area contributed by atoms with E-state index in [4.69, 9.17) is 0 Å². The zero-order chi connectivity index (χ0) is 11.7. The number of aryl methyl sites for hydroxylation is 1. The fraction of sp³-hybridized carbons (Fsp3) is 0.500. The fourth-order valence-electron chi connectivity index (χ4n) is 2.19. The van der Waals surface area contributed by atoms with E-state index >= 15 is 0 Å². The van der Waals surface area contributed by atoms with Crippen molar-refractivity contribution in [1.29, 1.82) is 0 Å². The third kappa shape index (κ3) is 2.26. The second kappa shape index (κ2) is 4.28. The maximum absolute atomic E-state index is 4.24. The van der Waals surface area contributed by atoms with E-state index in [1.54, 1.807) is 0 Å². The molecule has 1 aliphatic rings. The molecule has 1 atom stereocenters. The van der Waals surface area contributed by atoms with Crippen molar-refractivity contribution in [3.8, 4) is 0 Å². The molecule has 2 nitrogen and oxygen atoms in total. The van der Waals surface area contributed by atoms with E-state index in [0.717, 1.165) is 6.42 Å². The molecule has 1 heterocycles. The summed E-state index contributed by atoms with van der Waals surface area (Å²) in [7, 11) is 1.97. The van der Waals surface area contributed by atoms with Crippen LogP contribution in [0.5, 0.6) is 0 Å². The van der Waals surface area contributed by atoms with Gasteiger partial charge in [-0.15, -0.1) is 0 Å². The molecule has 0 spiro atoms. The molecule has 86 valence electrons. The van der Waals surface area contributed by atoms with Crippen LogP contribution in [0.15, 0.2) is 30.1 Å². The highest BCUT2D eigenvalue weighted by atomic mass is 15.2. The SMILES string of the molecule is CC1C=C(C(C)C)C=C(c2cnn(C)c2)C1. The minimum absolute atomic E-state index is 0.606. The second-order valence-electron chi connectivity index (χ2n) is 5.08. The highest BCUT2D eigenvalue weighted by Gasteiger charge is 2.15. The predicted molar refractivity (Wildman–Crippen MR) is 67.9 cm³/mol. The van der Waals surface area contributed by atoms with Gasteiger partial charge in [-0.3, -0.25) is 4.68 Å². The molecule has 0 amide bonds. The lowest BCUT2D eigenvalue weighted by Crippen LogP contribution is -2.04. The van der Waals surface area contributed by atoms with Gasteiger partial charge >= 0.3 is 0 Å². The lowest BCUT2D eigenvalue weighted by Gasteiger charge is -2.20. The van der Waals surface area contributed by atoms with Crippen molar-refractivity contribution < 1.29 is 0 Å². The molecule has 0 bridgehead atoms. The summed E-state index contributed by atoms with van der Waals surface area (Å²) in [5.41, 5.74) is 4.14. The van der Waals surface area contributed by atoms with Crippen LogP contribution in [-0.4, -0.2) is 9.78 Å². The summed E-state index contributed by atoms with van der Waals surface area (Å²) in [6.45, 7) is 6.79. The number of hydrogen-bond donors (Lipinski definition) is 0. The Bertz CT molecular complexity index is 435. The van der Waals surface area contributed by atoms with E-state index in [-0.39, 0.29) is 0 Å². The molecule has 0 radical (unpaired) electrons. The molecule has 0 fully saturated rings. The highest BCUT2D eigenvalue weighted by Crippen LogP contribution is 2.32. The summed E-state index contributed by atoms with van der Waals surface area (Å²) < 4.78 is 1.87. The quantitative estimate of drug-likeness (QED) is 0.740. The van der Waals surface area contributed by atoms with Gasteiger partial charge in [0, 0.05) is 18.8 Å². The van der Waals surface area contributed by atoms with Gasteiger partial charge in [-0.05, 0) is 29.4 Å². The first kappa shape index (κ1) is 11.2. The predicted octanol–water partition coefficient (Wildman–Crippen LogP) is 3.43. The maximum Gasteiger partial charge on any atom is 0.0564 e. The smallest absolute Gasteiger partial charge is 0.0564 e. The van der Waals surface area contributed by atoms with Crippen LogP contribution in [0.4, 0.5) is 0 Å². The Kier molecular flexibility index (Phi) is 2.99. The summed E-state index contributed by atoms with van der Waals surface area (Å²) in [4.78, 5) is 0. The van der Waals surface area contributed by atoms with Crippen molar-refractivity contribution >= 4 is 5.57 Å². The largest absolute Gasteiger partial charge is 0.275 e. The average molecular weight is 216 g/mol. The molecule has 0 N–H and O–H groups in total. The third-order valence-corrected chi connectivity index (χ3v) is 3.10. The summed E-state index contributed by atoms with van der Waals surface area (Å²) in [5.74, 6) is 1.24. The summed E-state index contributed by atoms with van der Waals surface area (Å²) >= 11 is 0. The van der Waals surface area contributed by atoms with Crippen LogP contribution < -0.4 is 0 Å². The molecule has 2 heteroatoms. The molecule has 1 aliphatic carbocycles. The van der Waals surface area contributed by atoms with Crippen LogP contribution in [0.25, 0.3) is 5.57 Å². The van der Waals surface area contributed by atoms with Crippen molar-refractivity contribution in [2.75, 3.05) is 0 Å². The Morgan fingerprint density at radius 1 is 1.44 bits per heavy atom. The molecule has 16 heavy (non-hydrogen) atoms. The topological polar surface area (TPSA) is 17.8 Å². The van der Waals surface area contributed by atoms with E-state index in [2.05, 4.69) is 44.2 Å². The van der Waals surface area contributed by atoms with Crippen molar-refractivity contribution in [2.45, 2.75) is 27.2 Å². The average Bonchev–Trinajstić information content (AvgIpc) is 2.64. The Morgan fingerprint density at radius 3 is 2.75 bits per heavy atom. The van der Waals surface area contributed by atoms with E-state index in [1.807, 2.05) is 17.9 Å². The van der Waals surface area contributed by atoms with E-state index < -0.39 is 0 Å².